The third-order valence-electron chi connectivity index (χ3n) is 10.3. The van der Waals surface area contributed by atoms with Crippen molar-refractivity contribution in [3.8, 4) is 0 Å². The first-order chi connectivity index (χ1) is 26.8. The molecule has 0 amide bonds. The van der Waals surface area contributed by atoms with Gasteiger partial charge in [0, 0.05) is 6.89 Å². The molecule has 0 aliphatic rings. The minimum atomic E-state index is -1.90. The lowest BCUT2D eigenvalue weighted by atomic mass is 9.13. The molecule has 8 aromatic carbocycles. The Hall–Kier alpha value is -5.53. The largest absolute Gasteiger partial charge is 0.195 e. The van der Waals surface area contributed by atoms with Crippen LogP contribution in [0.1, 0.15) is 6.92 Å². The predicted octanol–water partition coefficient (Wildman–Crippen LogP) is 8.50. The molecule has 1 unspecified atom stereocenters. The van der Waals surface area contributed by atoms with Crippen LogP contribution in [0.3, 0.4) is 0 Å². The average molecular weight is 733 g/mol. The minimum Gasteiger partial charge on any atom is -0.195 e. The zero-order valence-electron chi connectivity index (χ0n) is 30.8. The van der Waals surface area contributed by atoms with Crippen LogP contribution < -0.4 is 37.8 Å². The lowest BCUT2D eigenvalue weighted by Gasteiger charge is -2.44. The molecule has 3 heteroatoms. The van der Waals surface area contributed by atoms with Gasteiger partial charge in [-0.2, -0.15) is 21.9 Å². The molecule has 0 aliphatic carbocycles. The Kier molecular flexibility index (Phi) is 12.3. The highest BCUT2D eigenvalue weighted by Crippen LogP contribution is 2.45. The molecule has 8 rings (SSSR count). The van der Waals surface area contributed by atoms with Gasteiger partial charge in [0.15, 0.2) is 4.90 Å². The summed E-state index contributed by atoms with van der Waals surface area (Å²) in [7, 11) is 0.0587. The van der Waals surface area contributed by atoms with Crippen molar-refractivity contribution in [1.82, 2.24) is 0 Å². The third kappa shape index (κ3) is 7.73. The smallest absolute Gasteiger partial charge is 0.160 e. The summed E-state index contributed by atoms with van der Waals surface area (Å²) < 4.78 is 0. The van der Waals surface area contributed by atoms with E-state index in [4.69, 9.17) is 0 Å². The zero-order chi connectivity index (χ0) is 36.9. The quantitative estimate of drug-likeness (QED) is 0.0752. The molecule has 1 atom stereocenters. The van der Waals surface area contributed by atoms with Crippen molar-refractivity contribution in [3.05, 3.63) is 243 Å². The van der Waals surface area contributed by atoms with Crippen LogP contribution >= 0.6 is 6.89 Å². The van der Waals surface area contributed by atoms with E-state index in [1.165, 1.54) is 42.7 Å². The summed E-state index contributed by atoms with van der Waals surface area (Å²) in [6, 6.07) is 87.8. The van der Waals surface area contributed by atoms with E-state index in [0.29, 0.717) is 0 Å². The van der Waals surface area contributed by atoms with Gasteiger partial charge in [0.1, 0.15) is 17.0 Å². The number of hydrogen-bond donors (Lipinski definition) is 0. The van der Waals surface area contributed by atoms with Crippen LogP contribution in [0.15, 0.2) is 248 Å². The maximum Gasteiger partial charge on any atom is 0.160 e. The van der Waals surface area contributed by atoms with Crippen LogP contribution in [-0.2, 0) is 10.9 Å². The van der Waals surface area contributed by atoms with E-state index >= 15 is 0 Å². The Morgan fingerprint density at radius 1 is 0.352 bits per heavy atom. The molecule has 0 heterocycles. The molecule has 0 bridgehead atoms. The van der Waals surface area contributed by atoms with Crippen LogP contribution in [0.4, 0.5) is 0 Å². The fourth-order valence-electron chi connectivity index (χ4n) is 7.83. The van der Waals surface area contributed by atoms with Crippen LogP contribution in [0, 0.1) is 0 Å². The summed E-state index contributed by atoms with van der Waals surface area (Å²) in [6.07, 6.45) is -1.22. The van der Waals surface area contributed by atoms with Gasteiger partial charge in [-0.05, 0) is 35.0 Å². The van der Waals surface area contributed by atoms with Gasteiger partial charge in [-0.3, -0.25) is 0 Å². The van der Waals surface area contributed by atoms with E-state index in [9.17, 15) is 0 Å². The van der Waals surface area contributed by atoms with Gasteiger partial charge >= 0.3 is 0 Å². The molecule has 264 valence electrons. The molecule has 0 saturated heterocycles. The zero-order valence-corrected chi connectivity index (χ0v) is 32.5. The highest BCUT2D eigenvalue weighted by Gasteiger charge is 2.32. The first kappa shape index (κ1) is 36.8. The first-order valence-corrected chi connectivity index (χ1v) is 22.1. The second-order valence-corrected chi connectivity index (χ2v) is 19.1. The van der Waals surface area contributed by atoms with Crippen molar-refractivity contribution < 1.29 is 0 Å². The van der Waals surface area contributed by atoms with E-state index in [1.54, 1.807) is 0 Å². The summed E-state index contributed by atoms with van der Waals surface area (Å²) in [6.45, 7) is 0.404. The van der Waals surface area contributed by atoms with Crippen LogP contribution in [0.2, 0.25) is 0 Å². The molecule has 0 nitrogen and oxygen atoms in total. The average Bonchev–Trinajstić information content (AvgIpc) is 3.27. The van der Waals surface area contributed by atoms with Crippen LogP contribution in [0.25, 0.3) is 0 Å². The van der Waals surface area contributed by atoms with Crippen LogP contribution in [0.5, 0.6) is 0 Å². The Morgan fingerprint density at radius 3 is 0.852 bits per heavy atom. The molecule has 0 saturated carbocycles. The molecular weight excluding hydrogens is 686 g/mol. The summed E-state index contributed by atoms with van der Waals surface area (Å²) in [5, 5.41) is 6.94. The predicted molar refractivity (Wildman–Crippen MR) is 244 cm³/mol. The highest BCUT2D eigenvalue weighted by molar-refractivity contribution is 8.20. The fraction of sp³-hybridized carbons (Fsp3) is 0.0392. The molecule has 54 heavy (non-hydrogen) atoms. The molecule has 0 spiro atoms. The van der Waals surface area contributed by atoms with Crippen molar-refractivity contribution >= 4 is 66.8 Å². The molecule has 0 aliphatic heterocycles. The summed E-state index contributed by atoms with van der Waals surface area (Å²) in [5.41, 5.74) is 5.36. The van der Waals surface area contributed by atoms with Gasteiger partial charge in [0.25, 0.3) is 0 Å². The summed E-state index contributed by atoms with van der Waals surface area (Å²) in [5.74, 6) is 1.11. The van der Waals surface area contributed by atoms with Crippen LogP contribution in [-0.4, -0.2) is 17.0 Å². The van der Waals surface area contributed by atoms with Crippen molar-refractivity contribution in [3.63, 3.8) is 0 Å². The van der Waals surface area contributed by atoms with Gasteiger partial charge in [0.05, 0.1) is 10.9 Å². The molecule has 0 N–H and O–H groups in total. The second-order valence-electron chi connectivity index (χ2n) is 13.4. The van der Waals surface area contributed by atoms with Gasteiger partial charge in [-0.1, -0.05) is 231 Å². The monoisotopic (exact) mass is 732 g/mol. The van der Waals surface area contributed by atoms with Gasteiger partial charge in [0.2, 0.25) is 0 Å². The fourth-order valence-corrected chi connectivity index (χ4v) is 15.6. The SMILES string of the molecule is CC[S+](C=P(c1ccccc1)(c1ccccc1)c1ccccc1)c1ccccc1.c1ccc([B-](c2ccccc2)(c2ccccc2)c2ccccc2)cc1. The molecule has 0 aromatic heterocycles. The van der Waals surface area contributed by atoms with Gasteiger partial charge in [-0.15, -0.1) is 0 Å². The van der Waals surface area contributed by atoms with E-state index in [-0.39, 0.29) is 10.9 Å². The highest BCUT2D eigenvalue weighted by atomic mass is 32.2. The Balaban J connectivity index is 0.000000168. The lowest BCUT2D eigenvalue weighted by Crippen LogP contribution is -2.74. The van der Waals surface area contributed by atoms with E-state index in [2.05, 4.69) is 255 Å². The number of rotatable bonds is 10. The number of benzene rings is 8. The topological polar surface area (TPSA) is 0 Å². The maximum absolute atomic E-state index is 2.70. The van der Waals surface area contributed by atoms with Crippen molar-refractivity contribution in [2.75, 3.05) is 5.75 Å². The Labute approximate surface area is 325 Å². The Bertz CT molecular complexity index is 2070. The molecule has 0 radical (unpaired) electrons. The van der Waals surface area contributed by atoms with E-state index in [0.717, 1.165) is 5.75 Å². The first-order valence-electron chi connectivity index (χ1n) is 18.8. The second kappa shape index (κ2) is 18.0. The van der Waals surface area contributed by atoms with E-state index < -0.39 is 13.0 Å². The van der Waals surface area contributed by atoms with E-state index in [1.807, 2.05) is 0 Å². The third-order valence-corrected chi connectivity index (χ3v) is 17.5. The van der Waals surface area contributed by atoms with Crippen molar-refractivity contribution in [2.45, 2.75) is 11.8 Å². The normalized spacial score (nSPS) is 11.8. The minimum absolute atomic E-state index is 0.0587. The summed E-state index contributed by atoms with van der Waals surface area (Å²) >= 11 is 0. The van der Waals surface area contributed by atoms with Gasteiger partial charge < -0.3 is 0 Å². The summed E-state index contributed by atoms with van der Waals surface area (Å²) in [4.78, 5) is 1.42. The van der Waals surface area contributed by atoms with Crippen molar-refractivity contribution in [1.29, 1.82) is 0 Å². The lowest BCUT2D eigenvalue weighted by molar-refractivity contribution is 1.42. The molecule has 0 fully saturated rings. The van der Waals surface area contributed by atoms with Gasteiger partial charge in [-0.25, -0.2) is 0 Å². The Morgan fingerprint density at radius 2 is 0.593 bits per heavy atom. The standard InChI is InChI=1S/C27H26PS.C24H20B/c1-2-29(27-21-13-6-14-22-27)23-28(24-15-7-3-8-16-24,25-17-9-4-10-18-25)26-19-11-5-12-20-26;1-5-13-21(14-6-1)25(22-15-7-2-8-16-22,23-17-9-3-10-18-23)24-19-11-4-12-20-24/h3-23H,2H2,1H3;1-20H/q+1;-1. The molecule has 8 aromatic rings. The number of hydrogen-bond acceptors (Lipinski definition) is 0. The van der Waals surface area contributed by atoms with Crippen molar-refractivity contribution in [2.24, 2.45) is 0 Å². The molecular formula is C51H46BPS. The maximum atomic E-state index is 2.70.